The zero-order valence-electron chi connectivity index (χ0n) is 18.4. The first-order chi connectivity index (χ1) is 14.7. The monoisotopic (exact) mass is 426 g/mol. The molecule has 1 amide bonds. The standard InChI is InChI=1S/C22H30N6O3/c1-14-19(15(2)26(3)25-14)11-23-20(29)9-21-5-16-4-17(6-21)8-22(7-16,13-21)27-12-18(10-24-27)28(30)31/h10,12,16-17H,4-9,11,13H2,1-3H3,(H,23,29). The Bertz CT molecular complexity index is 1040. The first-order valence-electron chi connectivity index (χ1n) is 11.1. The van der Waals surface area contributed by atoms with Crippen molar-refractivity contribution >= 4 is 11.6 Å². The summed E-state index contributed by atoms with van der Waals surface area (Å²) in [5.74, 6) is 1.23. The quantitative estimate of drug-likeness (QED) is 0.564. The van der Waals surface area contributed by atoms with Crippen LogP contribution < -0.4 is 5.32 Å². The minimum atomic E-state index is -0.379. The van der Waals surface area contributed by atoms with Crippen LogP contribution in [0.2, 0.25) is 0 Å². The summed E-state index contributed by atoms with van der Waals surface area (Å²) in [4.78, 5) is 23.8. The smallest absolute Gasteiger partial charge is 0.307 e. The molecular weight excluding hydrogens is 396 g/mol. The van der Waals surface area contributed by atoms with Crippen molar-refractivity contribution in [3.05, 3.63) is 39.5 Å². The average molecular weight is 427 g/mol. The average Bonchev–Trinajstić information content (AvgIpc) is 3.25. The van der Waals surface area contributed by atoms with Crippen LogP contribution in [-0.4, -0.2) is 30.4 Å². The predicted molar refractivity (Wildman–Crippen MR) is 113 cm³/mol. The van der Waals surface area contributed by atoms with Gasteiger partial charge in [-0.1, -0.05) is 0 Å². The van der Waals surface area contributed by atoms with Crippen LogP contribution in [0.4, 0.5) is 5.69 Å². The molecule has 4 aliphatic rings. The van der Waals surface area contributed by atoms with Crippen LogP contribution in [-0.2, 0) is 23.9 Å². The second-order valence-electron chi connectivity index (χ2n) is 10.3. The van der Waals surface area contributed by atoms with E-state index in [0.717, 1.165) is 49.1 Å². The van der Waals surface area contributed by atoms with E-state index >= 15 is 0 Å². The maximum absolute atomic E-state index is 13.0. The SMILES string of the molecule is Cc1nn(C)c(C)c1CNC(=O)CC12CC3CC(C1)CC(n1cc([N+](=O)[O-])cn1)(C3)C2. The highest BCUT2D eigenvalue weighted by atomic mass is 16.6. The lowest BCUT2D eigenvalue weighted by molar-refractivity contribution is -0.385. The number of aryl methyl sites for hydroxylation is 2. The topological polar surface area (TPSA) is 108 Å². The van der Waals surface area contributed by atoms with Crippen molar-refractivity contribution in [3.8, 4) is 0 Å². The lowest BCUT2D eigenvalue weighted by atomic mass is 9.46. The summed E-state index contributed by atoms with van der Waals surface area (Å²) in [5.41, 5.74) is 2.94. The Morgan fingerprint density at radius 3 is 2.58 bits per heavy atom. The molecule has 0 radical (unpaired) electrons. The van der Waals surface area contributed by atoms with Crippen molar-refractivity contribution in [1.82, 2.24) is 24.9 Å². The van der Waals surface area contributed by atoms with Gasteiger partial charge >= 0.3 is 5.69 Å². The van der Waals surface area contributed by atoms with Gasteiger partial charge in [0.25, 0.3) is 0 Å². The lowest BCUT2D eigenvalue weighted by Gasteiger charge is -2.61. The fraction of sp³-hybridized carbons (Fsp3) is 0.682. The van der Waals surface area contributed by atoms with Crippen LogP contribution in [0.3, 0.4) is 0 Å². The molecule has 9 nitrogen and oxygen atoms in total. The second-order valence-corrected chi connectivity index (χ2v) is 10.3. The molecule has 6 rings (SSSR count). The molecule has 2 aromatic rings. The third kappa shape index (κ3) is 3.34. The molecule has 0 saturated heterocycles. The number of nitro groups is 1. The van der Waals surface area contributed by atoms with Crippen LogP contribution >= 0.6 is 0 Å². The molecule has 2 heterocycles. The summed E-state index contributed by atoms with van der Waals surface area (Å²) < 4.78 is 3.71. The highest BCUT2D eigenvalue weighted by Gasteiger charge is 2.59. The summed E-state index contributed by atoms with van der Waals surface area (Å²) >= 11 is 0. The predicted octanol–water partition coefficient (Wildman–Crippen LogP) is 3.14. The summed E-state index contributed by atoms with van der Waals surface area (Å²) in [6, 6.07) is 0. The van der Waals surface area contributed by atoms with Gasteiger partial charge in [0, 0.05) is 31.3 Å². The van der Waals surface area contributed by atoms with E-state index in [2.05, 4.69) is 15.5 Å². The number of carbonyl (C=O) groups excluding carboxylic acids is 1. The van der Waals surface area contributed by atoms with Gasteiger partial charge in [0.2, 0.25) is 5.91 Å². The van der Waals surface area contributed by atoms with E-state index < -0.39 is 0 Å². The van der Waals surface area contributed by atoms with Crippen LogP contribution in [0.25, 0.3) is 0 Å². The summed E-state index contributed by atoms with van der Waals surface area (Å²) in [6.45, 7) is 4.50. The number of aromatic nitrogens is 4. The van der Waals surface area contributed by atoms with Gasteiger partial charge in [-0.15, -0.1) is 0 Å². The number of hydrogen-bond donors (Lipinski definition) is 1. The molecule has 31 heavy (non-hydrogen) atoms. The Labute approximate surface area is 181 Å². The first kappa shape index (κ1) is 20.2. The van der Waals surface area contributed by atoms with E-state index in [-0.39, 0.29) is 27.5 Å². The van der Waals surface area contributed by atoms with Crippen LogP contribution in [0, 0.1) is 41.2 Å². The van der Waals surface area contributed by atoms with Gasteiger partial charge in [-0.05, 0) is 69.6 Å². The molecule has 2 aromatic heterocycles. The second kappa shape index (κ2) is 6.90. The zero-order valence-corrected chi connectivity index (χ0v) is 18.4. The highest BCUT2D eigenvalue weighted by molar-refractivity contribution is 5.76. The Morgan fingerprint density at radius 2 is 2.00 bits per heavy atom. The number of hydrogen-bond acceptors (Lipinski definition) is 5. The van der Waals surface area contributed by atoms with Crippen LogP contribution in [0.5, 0.6) is 0 Å². The number of carbonyl (C=O) groups is 1. The normalized spacial score (nSPS) is 31.2. The Balaban J connectivity index is 1.33. The van der Waals surface area contributed by atoms with E-state index in [1.807, 2.05) is 30.3 Å². The molecule has 2 atom stereocenters. The van der Waals surface area contributed by atoms with Gasteiger partial charge in [-0.2, -0.15) is 10.2 Å². The largest absolute Gasteiger partial charge is 0.352 e. The van der Waals surface area contributed by atoms with Gasteiger partial charge in [-0.25, -0.2) is 0 Å². The van der Waals surface area contributed by atoms with E-state index in [1.165, 1.54) is 12.6 Å². The van der Waals surface area contributed by atoms with E-state index in [4.69, 9.17) is 0 Å². The third-order valence-corrected chi connectivity index (χ3v) is 8.07. The molecule has 1 N–H and O–H groups in total. The van der Waals surface area contributed by atoms with Crippen molar-refractivity contribution in [3.63, 3.8) is 0 Å². The molecular formula is C22H30N6O3. The third-order valence-electron chi connectivity index (χ3n) is 8.07. The molecule has 166 valence electrons. The molecule has 4 saturated carbocycles. The summed E-state index contributed by atoms with van der Waals surface area (Å²) in [7, 11) is 1.92. The fourth-order valence-corrected chi connectivity index (χ4v) is 7.21. The van der Waals surface area contributed by atoms with Crippen molar-refractivity contribution in [1.29, 1.82) is 0 Å². The van der Waals surface area contributed by atoms with Crippen molar-refractivity contribution in [2.45, 2.75) is 70.9 Å². The maximum Gasteiger partial charge on any atom is 0.307 e. The summed E-state index contributed by atoms with van der Waals surface area (Å²) in [6.07, 6.45) is 9.74. The molecule has 2 unspecified atom stereocenters. The molecule has 0 aromatic carbocycles. The van der Waals surface area contributed by atoms with Crippen molar-refractivity contribution < 1.29 is 9.72 Å². The van der Waals surface area contributed by atoms with Gasteiger partial charge in [0.05, 0.1) is 16.2 Å². The van der Waals surface area contributed by atoms with Crippen LogP contribution in [0.15, 0.2) is 12.4 Å². The van der Waals surface area contributed by atoms with Gasteiger partial charge in [0.1, 0.15) is 12.4 Å². The highest BCUT2D eigenvalue weighted by Crippen LogP contribution is 2.65. The number of amides is 1. The minimum absolute atomic E-state index is 0.0338. The van der Waals surface area contributed by atoms with Crippen LogP contribution in [0.1, 0.15) is 61.9 Å². The molecule has 0 aliphatic heterocycles. The number of nitrogens with one attached hydrogen (secondary N) is 1. The maximum atomic E-state index is 13.0. The zero-order chi connectivity index (χ0) is 22.0. The van der Waals surface area contributed by atoms with Crippen molar-refractivity contribution in [2.75, 3.05) is 0 Å². The van der Waals surface area contributed by atoms with E-state index in [0.29, 0.717) is 24.8 Å². The number of nitrogens with zero attached hydrogens (tertiary/aromatic N) is 5. The van der Waals surface area contributed by atoms with Crippen molar-refractivity contribution in [2.24, 2.45) is 24.3 Å². The molecule has 4 aliphatic carbocycles. The molecule has 9 heteroatoms. The lowest BCUT2D eigenvalue weighted by Crippen LogP contribution is -2.57. The number of rotatable bonds is 6. The summed E-state index contributed by atoms with van der Waals surface area (Å²) in [5, 5.41) is 23.2. The Hall–Kier alpha value is -2.71. The molecule has 0 spiro atoms. The molecule has 4 fully saturated rings. The van der Waals surface area contributed by atoms with Gasteiger partial charge < -0.3 is 5.32 Å². The van der Waals surface area contributed by atoms with E-state index in [1.54, 1.807) is 6.20 Å². The first-order valence-corrected chi connectivity index (χ1v) is 11.1. The Kier molecular flexibility index (Phi) is 4.50. The Morgan fingerprint density at radius 1 is 1.29 bits per heavy atom. The fourth-order valence-electron chi connectivity index (χ4n) is 7.21. The van der Waals surface area contributed by atoms with Gasteiger partial charge in [0.15, 0.2) is 0 Å². The molecule has 4 bridgehead atoms. The van der Waals surface area contributed by atoms with E-state index in [9.17, 15) is 14.9 Å². The van der Waals surface area contributed by atoms with Gasteiger partial charge in [-0.3, -0.25) is 24.3 Å². The minimum Gasteiger partial charge on any atom is -0.352 e.